The number of aromatic nitrogens is 2. The highest BCUT2D eigenvalue weighted by Gasteiger charge is 2.20. The van der Waals surface area contributed by atoms with Crippen LogP contribution in [0.5, 0.6) is 11.5 Å². The Kier molecular flexibility index (Phi) is 5.93. The van der Waals surface area contributed by atoms with E-state index in [0.717, 1.165) is 10.5 Å². The topological polar surface area (TPSA) is 36.3 Å². The summed E-state index contributed by atoms with van der Waals surface area (Å²) in [5, 5.41) is 0.537. The van der Waals surface area contributed by atoms with Gasteiger partial charge < -0.3 is 9.47 Å². The number of rotatable bonds is 6. The van der Waals surface area contributed by atoms with E-state index in [4.69, 9.17) is 9.47 Å². The van der Waals surface area contributed by atoms with E-state index in [1.807, 2.05) is 36.4 Å². The lowest BCUT2D eigenvalue weighted by molar-refractivity contribution is 0.355. The third kappa shape index (κ3) is 3.80. The fourth-order valence-corrected chi connectivity index (χ4v) is 4.49. The van der Waals surface area contributed by atoms with Crippen LogP contribution in [-0.4, -0.2) is 23.2 Å². The number of halogens is 2. The van der Waals surface area contributed by atoms with Crippen molar-refractivity contribution in [2.24, 2.45) is 0 Å². The van der Waals surface area contributed by atoms with Gasteiger partial charge in [-0.3, -0.25) is 0 Å². The fourth-order valence-electron chi connectivity index (χ4n) is 2.30. The normalized spacial score (nSPS) is 10.7. The van der Waals surface area contributed by atoms with Gasteiger partial charge in [0, 0.05) is 10.5 Å². The van der Waals surface area contributed by atoms with Crippen molar-refractivity contribution in [2.45, 2.75) is 10.1 Å². The van der Waals surface area contributed by atoms with E-state index in [2.05, 4.69) is 20.9 Å². The van der Waals surface area contributed by atoms with Crippen LogP contribution < -0.4 is 9.47 Å². The first-order valence-corrected chi connectivity index (χ1v) is 9.49. The number of hydrogen-bond acceptors (Lipinski definition) is 5. The van der Waals surface area contributed by atoms with Gasteiger partial charge in [-0.1, -0.05) is 30.0 Å². The quantitative estimate of drug-likeness (QED) is 0.479. The highest BCUT2D eigenvalue weighted by Crippen LogP contribution is 2.41. The zero-order valence-electron chi connectivity index (χ0n) is 13.4. The van der Waals surface area contributed by atoms with Crippen LogP contribution in [-0.2, 0) is 0 Å². The maximum Gasteiger partial charge on any atom is 0.186 e. The summed E-state index contributed by atoms with van der Waals surface area (Å²) in [7, 11) is 3.14. The average Bonchev–Trinajstić information content (AvgIpc) is 2.96. The Morgan fingerprint density at radius 1 is 1.04 bits per heavy atom. The lowest BCUT2D eigenvalue weighted by Crippen LogP contribution is -1.94. The molecule has 8 heteroatoms. The number of nitrogens with zero attached hydrogens (tertiary/aromatic N) is 2. The molecule has 0 aliphatic carbocycles. The second-order valence-electron chi connectivity index (χ2n) is 4.88. The van der Waals surface area contributed by atoms with E-state index < -0.39 is 0 Å². The zero-order chi connectivity index (χ0) is 17.8. The Bertz CT molecular complexity index is 875. The molecule has 3 rings (SSSR count). The van der Waals surface area contributed by atoms with Gasteiger partial charge >= 0.3 is 0 Å². The first-order chi connectivity index (χ1) is 12.2. The summed E-state index contributed by atoms with van der Waals surface area (Å²) in [5.41, 5.74) is 1.38. The van der Waals surface area contributed by atoms with E-state index >= 15 is 0 Å². The summed E-state index contributed by atoms with van der Waals surface area (Å²) in [4.78, 5) is 5.44. The number of benzene rings is 2. The van der Waals surface area contributed by atoms with Crippen LogP contribution in [0, 0.1) is 0 Å². The second kappa shape index (κ2) is 8.16. The first-order valence-electron chi connectivity index (χ1n) is 7.20. The van der Waals surface area contributed by atoms with Crippen molar-refractivity contribution < 1.29 is 13.4 Å². The molecule has 25 heavy (non-hydrogen) atoms. The van der Waals surface area contributed by atoms with Crippen molar-refractivity contribution in [1.29, 1.82) is 0 Å². The minimum Gasteiger partial charge on any atom is -0.493 e. The molecule has 130 valence electrons. The molecule has 1 heterocycles. The first kappa shape index (κ1) is 18.2. The molecule has 0 atom stereocenters. The molecule has 3 aromatic rings. The Balaban J connectivity index is 2.05. The Labute approximate surface area is 162 Å². The SMILES string of the molecule is COc1ccc(-c2c(Br)nc(Sc3ccccc3)n2SF)cc1OC. The molecule has 2 aromatic carbocycles. The summed E-state index contributed by atoms with van der Waals surface area (Å²) in [6, 6.07) is 15.1. The Morgan fingerprint density at radius 2 is 1.76 bits per heavy atom. The van der Waals surface area contributed by atoms with Gasteiger partial charge in [-0.05, 0) is 46.3 Å². The lowest BCUT2D eigenvalue weighted by Gasteiger charge is -2.10. The second-order valence-corrected chi connectivity index (χ2v) is 7.18. The minimum atomic E-state index is 0.112. The summed E-state index contributed by atoms with van der Waals surface area (Å²) in [6.45, 7) is 0. The standard InChI is InChI=1S/C17H14BrFN2O2S2/c1-22-13-9-8-11(10-14(13)23-2)15-16(18)20-17(21(15)25-19)24-12-6-4-3-5-7-12/h3-10H,1-2H3. The summed E-state index contributed by atoms with van der Waals surface area (Å²) in [6.07, 6.45) is 0. The summed E-state index contributed by atoms with van der Waals surface area (Å²) in [5.74, 6) is 1.18. The van der Waals surface area contributed by atoms with Crippen LogP contribution in [0.2, 0.25) is 0 Å². The van der Waals surface area contributed by atoms with Crippen LogP contribution in [0.4, 0.5) is 3.89 Å². The third-order valence-electron chi connectivity index (χ3n) is 3.44. The van der Waals surface area contributed by atoms with E-state index in [0.29, 0.717) is 27.0 Å². The van der Waals surface area contributed by atoms with Gasteiger partial charge in [-0.2, -0.15) is 0 Å². The van der Waals surface area contributed by atoms with Crippen molar-refractivity contribution in [3.8, 4) is 22.8 Å². The maximum atomic E-state index is 13.7. The predicted octanol–water partition coefficient (Wildman–Crippen LogP) is 5.86. The smallest absolute Gasteiger partial charge is 0.186 e. The van der Waals surface area contributed by atoms with E-state index in [-0.39, 0.29) is 12.3 Å². The molecule has 1 aromatic heterocycles. The van der Waals surface area contributed by atoms with Crippen LogP contribution >= 0.6 is 40.0 Å². The molecule has 0 spiro atoms. The molecule has 0 amide bonds. The minimum absolute atomic E-state index is 0.112. The molecule has 4 nitrogen and oxygen atoms in total. The molecular weight excluding hydrogens is 427 g/mol. The largest absolute Gasteiger partial charge is 0.493 e. The van der Waals surface area contributed by atoms with Gasteiger partial charge in [-0.15, -0.1) is 3.89 Å². The molecule has 0 unspecified atom stereocenters. The number of ether oxygens (including phenoxy) is 2. The van der Waals surface area contributed by atoms with Crippen molar-refractivity contribution in [1.82, 2.24) is 8.96 Å². The van der Waals surface area contributed by atoms with E-state index in [1.54, 1.807) is 26.4 Å². The molecule has 0 saturated heterocycles. The average molecular weight is 441 g/mol. The monoisotopic (exact) mass is 440 g/mol. The van der Waals surface area contributed by atoms with Gasteiger partial charge in [-0.25, -0.2) is 8.96 Å². The third-order valence-corrected chi connectivity index (χ3v) is 5.57. The van der Waals surface area contributed by atoms with Crippen LogP contribution in [0.25, 0.3) is 11.3 Å². The van der Waals surface area contributed by atoms with Gasteiger partial charge in [0.25, 0.3) is 0 Å². The lowest BCUT2D eigenvalue weighted by atomic mass is 10.1. The van der Waals surface area contributed by atoms with Crippen LogP contribution in [0.3, 0.4) is 0 Å². The zero-order valence-corrected chi connectivity index (χ0v) is 16.6. The Morgan fingerprint density at radius 3 is 2.40 bits per heavy atom. The van der Waals surface area contributed by atoms with Gasteiger partial charge in [0.2, 0.25) is 0 Å². The van der Waals surface area contributed by atoms with Crippen molar-refractivity contribution in [3.05, 3.63) is 53.1 Å². The predicted molar refractivity (Wildman–Crippen MR) is 103 cm³/mol. The van der Waals surface area contributed by atoms with Crippen molar-refractivity contribution in [3.63, 3.8) is 0 Å². The summed E-state index contributed by atoms with van der Waals surface area (Å²) < 4.78 is 26.3. The van der Waals surface area contributed by atoms with Crippen molar-refractivity contribution in [2.75, 3.05) is 14.2 Å². The molecule has 0 N–H and O–H groups in total. The van der Waals surface area contributed by atoms with Gasteiger partial charge in [0.15, 0.2) is 29.0 Å². The van der Waals surface area contributed by atoms with E-state index in [9.17, 15) is 3.89 Å². The molecule has 0 saturated carbocycles. The molecular formula is C17H14BrFN2O2S2. The van der Waals surface area contributed by atoms with Gasteiger partial charge in [0.05, 0.1) is 19.9 Å². The van der Waals surface area contributed by atoms with E-state index in [1.165, 1.54) is 15.7 Å². The molecule has 0 radical (unpaired) electrons. The van der Waals surface area contributed by atoms with Gasteiger partial charge in [0.1, 0.15) is 4.60 Å². The molecule has 0 fully saturated rings. The molecule has 0 aliphatic heterocycles. The van der Waals surface area contributed by atoms with Crippen molar-refractivity contribution >= 4 is 40.0 Å². The number of hydrogen-bond donors (Lipinski definition) is 0. The highest BCUT2D eigenvalue weighted by molar-refractivity contribution is 9.10. The number of methoxy groups -OCH3 is 2. The maximum absolute atomic E-state index is 13.7. The number of imidazole rings is 1. The molecule has 0 aliphatic rings. The highest BCUT2D eigenvalue weighted by atomic mass is 79.9. The molecule has 0 bridgehead atoms. The fraction of sp³-hybridized carbons (Fsp3) is 0.118. The van der Waals surface area contributed by atoms with Crippen LogP contribution in [0.1, 0.15) is 0 Å². The summed E-state index contributed by atoms with van der Waals surface area (Å²) >= 11 is 4.95. The Hall–Kier alpha value is -1.64. The van der Waals surface area contributed by atoms with Crippen LogP contribution in [0.15, 0.2) is 63.2 Å².